The molecule has 0 radical (unpaired) electrons. The third-order valence-electron chi connectivity index (χ3n) is 3.51. The number of nitrogens with zero attached hydrogens (tertiary/aromatic N) is 2. The second-order valence-corrected chi connectivity index (χ2v) is 4.70. The highest BCUT2D eigenvalue weighted by atomic mass is 16.5. The molecule has 1 aromatic carbocycles. The molecule has 1 heterocycles. The van der Waals surface area contributed by atoms with Crippen LogP contribution in [0.1, 0.15) is 24.4 Å². The fraction of sp³-hybridized carbons (Fsp3) is 0.400. The Labute approximate surface area is 124 Å². The number of nitrogens with two attached hydrogens (primary N) is 1. The largest absolute Gasteiger partial charge is 0.497 e. The lowest BCUT2D eigenvalue weighted by atomic mass is 10.0. The van der Waals surface area contributed by atoms with Crippen LogP contribution in [-0.2, 0) is 13.0 Å². The van der Waals surface area contributed by atoms with Gasteiger partial charge in [0.05, 0.1) is 20.3 Å². The Morgan fingerprint density at radius 2 is 1.90 bits per heavy atom. The molecule has 0 aliphatic rings. The predicted molar refractivity (Wildman–Crippen MR) is 81.2 cm³/mol. The SMILES string of the molecule is CCn1ccnc1CC(NN)c1cc(OC)cc(OC)c1. The maximum atomic E-state index is 5.73. The Balaban J connectivity index is 2.28. The van der Waals surface area contributed by atoms with Crippen molar-refractivity contribution in [3.05, 3.63) is 42.0 Å². The zero-order valence-corrected chi connectivity index (χ0v) is 12.7. The number of nitrogens with one attached hydrogen (secondary N) is 1. The number of benzene rings is 1. The van der Waals surface area contributed by atoms with Crippen molar-refractivity contribution in [3.63, 3.8) is 0 Å². The van der Waals surface area contributed by atoms with Crippen molar-refractivity contribution in [2.45, 2.75) is 25.9 Å². The Bertz CT molecular complexity index is 561. The maximum Gasteiger partial charge on any atom is 0.122 e. The van der Waals surface area contributed by atoms with Crippen molar-refractivity contribution in [3.8, 4) is 11.5 Å². The van der Waals surface area contributed by atoms with Gasteiger partial charge in [0.2, 0.25) is 0 Å². The van der Waals surface area contributed by atoms with E-state index >= 15 is 0 Å². The van der Waals surface area contributed by atoms with Gasteiger partial charge in [-0.1, -0.05) is 0 Å². The topological polar surface area (TPSA) is 74.3 Å². The van der Waals surface area contributed by atoms with Crippen LogP contribution >= 0.6 is 0 Å². The highest BCUT2D eigenvalue weighted by Gasteiger charge is 2.16. The number of methoxy groups -OCH3 is 2. The van der Waals surface area contributed by atoms with Crippen molar-refractivity contribution in [2.24, 2.45) is 5.84 Å². The van der Waals surface area contributed by atoms with Crippen LogP contribution in [0.5, 0.6) is 11.5 Å². The van der Waals surface area contributed by atoms with E-state index in [2.05, 4.69) is 21.9 Å². The molecule has 1 aromatic heterocycles. The smallest absolute Gasteiger partial charge is 0.122 e. The molecular formula is C15H22N4O2. The number of imidazole rings is 1. The number of ether oxygens (including phenoxy) is 2. The van der Waals surface area contributed by atoms with E-state index in [-0.39, 0.29) is 6.04 Å². The van der Waals surface area contributed by atoms with Gasteiger partial charge in [-0.2, -0.15) is 0 Å². The minimum atomic E-state index is -0.0679. The van der Waals surface area contributed by atoms with Gasteiger partial charge in [-0.15, -0.1) is 0 Å². The van der Waals surface area contributed by atoms with E-state index in [0.717, 1.165) is 29.4 Å². The van der Waals surface area contributed by atoms with E-state index < -0.39 is 0 Å². The average molecular weight is 290 g/mol. The van der Waals surface area contributed by atoms with E-state index in [1.807, 2.05) is 24.4 Å². The summed E-state index contributed by atoms with van der Waals surface area (Å²) in [4.78, 5) is 4.39. The first kappa shape index (κ1) is 15.3. The second kappa shape index (κ2) is 7.10. The summed E-state index contributed by atoms with van der Waals surface area (Å²) in [5, 5.41) is 0. The van der Waals surface area contributed by atoms with Crippen LogP contribution < -0.4 is 20.7 Å². The number of hydrazine groups is 1. The highest BCUT2D eigenvalue weighted by Crippen LogP contribution is 2.27. The summed E-state index contributed by atoms with van der Waals surface area (Å²) in [6.45, 7) is 2.97. The fourth-order valence-electron chi connectivity index (χ4n) is 2.30. The monoisotopic (exact) mass is 290 g/mol. The van der Waals surface area contributed by atoms with Crippen LogP contribution in [0.15, 0.2) is 30.6 Å². The van der Waals surface area contributed by atoms with Gasteiger partial charge in [0.25, 0.3) is 0 Å². The van der Waals surface area contributed by atoms with Gasteiger partial charge in [0.1, 0.15) is 17.3 Å². The van der Waals surface area contributed by atoms with Gasteiger partial charge < -0.3 is 14.0 Å². The number of hydrogen-bond donors (Lipinski definition) is 2. The second-order valence-electron chi connectivity index (χ2n) is 4.70. The molecule has 1 unspecified atom stereocenters. The molecule has 0 spiro atoms. The molecule has 114 valence electrons. The molecular weight excluding hydrogens is 268 g/mol. The van der Waals surface area contributed by atoms with Crippen molar-refractivity contribution in [2.75, 3.05) is 14.2 Å². The zero-order chi connectivity index (χ0) is 15.2. The highest BCUT2D eigenvalue weighted by molar-refractivity contribution is 5.40. The lowest BCUT2D eigenvalue weighted by Crippen LogP contribution is -2.30. The molecule has 2 rings (SSSR count). The standard InChI is InChI=1S/C15H22N4O2/c1-4-19-6-5-17-15(19)10-14(18-16)11-7-12(20-2)9-13(8-11)21-3/h5-9,14,18H,4,10,16H2,1-3H3. The summed E-state index contributed by atoms with van der Waals surface area (Å²) in [5.41, 5.74) is 3.85. The summed E-state index contributed by atoms with van der Waals surface area (Å²) in [6.07, 6.45) is 4.46. The first-order chi connectivity index (χ1) is 10.2. The lowest BCUT2D eigenvalue weighted by molar-refractivity contribution is 0.391. The fourth-order valence-corrected chi connectivity index (χ4v) is 2.30. The van der Waals surface area contributed by atoms with Crippen molar-refractivity contribution in [1.29, 1.82) is 0 Å². The molecule has 6 heteroatoms. The van der Waals surface area contributed by atoms with E-state index in [9.17, 15) is 0 Å². The Hall–Kier alpha value is -2.05. The van der Waals surface area contributed by atoms with Crippen LogP contribution in [0.3, 0.4) is 0 Å². The minimum absolute atomic E-state index is 0.0679. The molecule has 2 aromatic rings. The minimum Gasteiger partial charge on any atom is -0.497 e. The van der Waals surface area contributed by atoms with Crippen molar-refractivity contribution < 1.29 is 9.47 Å². The molecule has 0 aliphatic carbocycles. The first-order valence-electron chi connectivity index (χ1n) is 6.90. The van der Waals surface area contributed by atoms with Crippen LogP contribution in [0.25, 0.3) is 0 Å². The Morgan fingerprint density at radius 1 is 1.24 bits per heavy atom. The zero-order valence-electron chi connectivity index (χ0n) is 12.7. The lowest BCUT2D eigenvalue weighted by Gasteiger charge is -2.18. The van der Waals surface area contributed by atoms with Crippen molar-refractivity contribution >= 4 is 0 Å². The summed E-state index contributed by atoms with van der Waals surface area (Å²) >= 11 is 0. The summed E-state index contributed by atoms with van der Waals surface area (Å²) in [7, 11) is 3.26. The van der Waals surface area contributed by atoms with Crippen molar-refractivity contribution in [1.82, 2.24) is 15.0 Å². The molecule has 3 N–H and O–H groups in total. The van der Waals surface area contributed by atoms with Crippen LogP contribution in [0.4, 0.5) is 0 Å². The van der Waals surface area contributed by atoms with E-state index in [0.29, 0.717) is 6.42 Å². The number of rotatable bonds is 7. The third kappa shape index (κ3) is 3.53. The first-order valence-corrected chi connectivity index (χ1v) is 6.90. The Morgan fingerprint density at radius 3 is 2.43 bits per heavy atom. The quantitative estimate of drug-likeness (QED) is 0.599. The molecule has 0 saturated carbocycles. The van der Waals surface area contributed by atoms with Crippen LogP contribution in [0, 0.1) is 0 Å². The van der Waals surface area contributed by atoms with Gasteiger partial charge in [0.15, 0.2) is 0 Å². The van der Waals surface area contributed by atoms with E-state index in [1.165, 1.54) is 0 Å². The molecule has 0 fully saturated rings. The summed E-state index contributed by atoms with van der Waals surface area (Å²) in [5.74, 6) is 8.19. The van der Waals surface area contributed by atoms with Gasteiger partial charge in [-0.05, 0) is 24.6 Å². The van der Waals surface area contributed by atoms with Crippen LogP contribution in [-0.4, -0.2) is 23.8 Å². The molecule has 1 atom stereocenters. The van der Waals surface area contributed by atoms with Gasteiger partial charge in [-0.3, -0.25) is 11.3 Å². The molecule has 0 aliphatic heterocycles. The van der Waals surface area contributed by atoms with E-state index in [4.69, 9.17) is 15.3 Å². The predicted octanol–water partition coefficient (Wildman–Crippen LogP) is 1.67. The normalized spacial score (nSPS) is 12.2. The summed E-state index contributed by atoms with van der Waals surface area (Å²) in [6, 6.07) is 5.67. The van der Waals surface area contributed by atoms with Gasteiger partial charge in [-0.25, -0.2) is 4.98 Å². The average Bonchev–Trinajstić information content (AvgIpc) is 2.99. The number of aromatic nitrogens is 2. The molecule has 6 nitrogen and oxygen atoms in total. The molecule has 0 saturated heterocycles. The number of hydrogen-bond acceptors (Lipinski definition) is 5. The van der Waals surface area contributed by atoms with Gasteiger partial charge in [0, 0.05) is 31.4 Å². The Kier molecular flexibility index (Phi) is 5.19. The molecule has 0 amide bonds. The molecule has 21 heavy (non-hydrogen) atoms. The third-order valence-corrected chi connectivity index (χ3v) is 3.51. The van der Waals surface area contributed by atoms with Gasteiger partial charge >= 0.3 is 0 Å². The van der Waals surface area contributed by atoms with Crippen LogP contribution in [0.2, 0.25) is 0 Å². The molecule has 0 bridgehead atoms. The maximum absolute atomic E-state index is 5.73. The van der Waals surface area contributed by atoms with E-state index in [1.54, 1.807) is 20.4 Å². The summed E-state index contributed by atoms with van der Waals surface area (Å²) < 4.78 is 12.7. The number of aryl methyl sites for hydroxylation is 1.